The van der Waals surface area contributed by atoms with Gasteiger partial charge in [0.15, 0.2) is 5.13 Å². The maximum Gasteiger partial charge on any atom is 0.312 e. The van der Waals surface area contributed by atoms with Gasteiger partial charge in [-0.05, 0) is 25.0 Å². The van der Waals surface area contributed by atoms with Crippen molar-refractivity contribution in [1.82, 2.24) is 9.97 Å². The number of fused-ring (bicyclic) bond motifs is 1. The van der Waals surface area contributed by atoms with Crippen molar-refractivity contribution in [2.75, 3.05) is 11.9 Å². The number of thiazole rings is 1. The average Bonchev–Trinajstić information content (AvgIpc) is 2.99. The minimum Gasteiger partial charge on any atom is -0.481 e. The Morgan fingerprint density at radius 3 is 3.15 bits per heavy atom. The number of nitrogens with zero attached hydrogens (tertiary/aromatic N) is 2. The maximum absolute atomic E-state index is 11.1. The van der Waals surface area contributed by atoms with E-state index in [1.807, 2.05) is 18.2 Å². The summed E-state index contributed by atoms with van der Waals surface area (Å²) >= 11 is 1.57. The van der Waals surface area contributed by atoms with E-state index >= 15 is 0 Å². The Balaban J connectivity index is 1.60. The van der Waals surface area contributed by atoms with E-state index in [1.54, 1.807) is 17.5 Å². The lowest BCUT2D eigenvalue weighted by atomic mass is 10.1. The Morgan fingerprint density at radius 2 is 2.40 bits per heavy atom. The molecular formula is C14H15N3O2S. The summed E-state index contributed by atoms with van der Waals surface area (Å²) in [4.78, 5) is 20.9. The Bertz CT molecular complexity index is 612. The summed E-state index contributed by atoms with van der Waals surface area (Å²) in [5.41, 5.74) is 1.79. The van der Waals surface area contributed by atoms with Crippen LogP contribution in [0.5, 0.6) is 0 Å². The first-order valence-electron chi connectivity index (χ1n) is 6.60. The summed E-state index contributed by atoms with van der Waals surface area (Å²) in [7, 11) is 0. The van der Waals surface area contributed by atoms with Crippen LogP contribution in [0.1, 0.15) is 28.6 Å². The number of anilines is 1. The Morgan fingerprint density at radius 1 is 1.50 bits per heavy atom. The van der Waals surface area contributed by atoms with E-state index in [9.17, 15) is 4.79 Å². The molecule has 0 bridgehead atoms. The van der Waals surface area contributed by atoms with Crippen LogP contribution in [0, 0.1) is 0 Å². The van der Waals surface area contributed by atoms with Gasteiger partial charge in [-0.15, -0.1) is 11.3 Å². The van der Waals surface area contributed by atoms with Gasteiger partial charge in [0.2, 0.25) is 0 Å². The van der Waals surface area contributed by atoms with Gasteiger partial charge in [-0.1, -0.05) is 6.07 Å². The molecule has 0 radical (unpaired) electrons. The fourth-order valence-electron chi connectivity index (χ4n) is 2.39. The second kappa shape index (κ2) is 5.58. The quantitative estimate of drug-likeness (QED) is 0.883. The van der Waals surface area contributed by atoms with Crippen LogP contribution in [-0.4, -0.2) is 27.6 Å². The van der Waals surface area contributed by atoms with Crippen molar-refractivity contribution in [3.8, 4) is 0 Å². The van der Waals surface area contributed by atoms with Crippen LogP contribution >= 0.6 is 11.3 Å². The molecule has 104 valence electrons. The Labute approximate surface area is 120 Å². The highest BCUT2D eigenvalue weighted by Crippen LogP contribution is 2.38. The number of aromatic nitrogens is 2. The van der Waals surface area contributed by atoms with E-state index in [0.717, 1.165) is 40.8 Å². The van der Waals surface area contributed by atoms with Gasteiger partial charge in [-0.3, -0.25) is 9.78 Å². The number of pyridine rings is 1. The number of nitrogens with one attached hydrogen (secondary N) is 1. The number of aliphatic carboxylic acids is 1. The van der Waals surface area contributed by atoms with Gasteiger partial charge in [-0.25, -0.2) is 4.98 Å². The second-order valence-corrected chi connectivity index (χ2v) is 5.84. The van der Waals surface area contributed by atoms with Gasteiger partial charge in [0.1, 0.15) is 5.92 Å². The molecule has 1 atom stereocenters. The predicted molar refractivity (Wildman–Crippen MR) is 77.2 cm³/mol. The summed E-state index contributed by atoms with van der Waals surface area (Å²) in [5, 5.41) is 13.2. The number of aryl methyl sites for hydroxylation is 1. The number of carbonyl (C=O) groups is 1. The van der Waals surface area contributed by atoms with Crippen LogP contribution in [0.3, 0.4) is 0 Å². The molecule has 1 aliphatic carbocycles. The number of rotatable bonds is 5. The van der Waals surface area contributed by atoms with E-state index in [1.165, 1.54) is 0 Å². The molecule has 0 fully saturated rings. The largest absolute Gasteiger partial charge is 0.481 e. The molecule has 0 spiro atoms. The van der Waals surface area contributed by atoms with Gasteiger partial charge < -0.3 is 10.4 Å². The van der Waals surface area contributed by atoms with Gasteiger partial charge in [0.05, 0.1) is 5.69 Å². The molecule has 0 aromatic carbocycles. The lowest BCUT2D eigenvalue weighted by molar-refractivity contribution is -0.138. The molecule has 1 aliphatic rings. The third kappa shape index (κ3) is 2.65. The molecule has 5 nitrogen and oxygen atoms in total. The number of carboxylic acids is 1. The average molecular weight is 289 g/mol. The molecule has 20 heavy (non-hydrogen) atoms. The predicted octanol–water partition coefficient (Wildman–Crippen LogP) is 2.31. The van der Waals surface area contributed by atoms with E-state index in [2.05, 4.69) is 15.3 Å². The summed E-state index contributed by atoms with van der Waals surface area (Å²) in [6, 6.07) is 5.86. The summed E-state index contributed by atoms with van der Waals surface area (Å²) in [6.07, 6.45) is 4.11. The molecule has 0 saturated carbocycles. The van der Waals surface area contributed by atoms with Crippen LogP contribution in [0.4, 0.5) is 5.13 Å². The smallest absolute Gasteiger partial charge is 0.312 e. The normalized spacial score (nSPS) is 16.9. The maximum atomic E-state index is 11.1. The molecule has 2 N–H and O–H groups in total. The second-order valence-electron chi connectivity index (χ2n) is 4.75. The van der Waals surface area contributed by atoms with Crippen molar-refractivity contribution in [3.05, 3.63) is 40.7 Å². The zero-order valence-corrected chi connectivity index (χ0v) is 11.7. The molecule has 2 aromatic rings. The first kappa shape index (κ1) is 13.1. The van der Waals surface area contributed by atoms with Crippen LogP contribution in [0.2, 0.25) is 0 Å². The van der Waals surface area contributed by atoms with Gasteiger partial charge >= 0.3 is 5.97 Å². The first-order chi connectivity index (χ1) is 9.74. The van der Waals surface area contributed by atoms with Crippen molar-refractivity contribution in [3.63, 3.8) is 0 Å². The fourth-order valence-corrected chi connectivity index (χ4v) is 3.45. The Kier molecular flexibility index (Phi) is 3.64. The van der Waals surface area contributed by atoms with Crippen LogP contribution in [-0.2, 0) is 17.6 Å². The molecule has 2 aromatic heterocycles. The molecule has 1 unspecified atom stereocenters. The molecule has 3 rings (SSSR count). The minimum atomic E-state index is -0.769. The van der Waals surface area contributed by atoms with Gasteiger partial charge in [0, 0.05) is 29.7 Å². The van der Waals surface area contributed by atoms with Crippen molar-refractivity contribution < 1.29 is 9.90 Å². The zero-order chi connectivity index (χ0) is 13.9. The minimum absolute atomic E-state index is 0.424. The number of carboxylic acid groups (broad SMARTS) is 1. The fraction of sp³-hybridized carbons (Fsp3) is 0.357. The summed E-state index contributed by atoms with van der Waals surface area (Å²) in [6.45, 7) is 0.751. The molecule has 2 heterocycles. The number of hydrogen-bond donors (Lipinski definition) is 2. The van der Waals surface area contributed by atoms with E-state index < -0.39 is 11.9 Å². The zero-order valence-electron chi connectivity index (χ0n) is 10.9. The third-order valence-corrected chi connectivity index (χ3v) is 4.49. The van der Waals surface area contributed by atoms with E-state index in [4.69, 9.17) is 5.11 Å². The van der Waals surface area contributed by atoms with Crippen LogP contribution in [0.25, 0.3) is 0 Å². The monoisotopic (exact) mass is 289 g/mol. The first-order valence-corrected chi connectivity index (χ1v) is 7.42. The molecule has 0 amide bonds. The van der Waals surface area contributed by atoms with Crippen molar-refractivity contribution >= 4 is 22.4 Å². The molecular weight excluding hydrogens is 274 g/mol. The number of hydrogen-bond acceptors (Lipinski definition) is 5. The summed E-state index contributed by atoms with van der Waals surface area (Å²) in [5.74, 6) is -1.19. The topological polar surface area (TPSA) is 75.1 Å². The van der Waals surface area contributed by atoms with Crippen molar-refractivity contribution in [1.29, 1.82) is 0 Å². The highest BCUT2D eigenvalue weighted by atomic mass is 32.1. The SMILES string of the molecule is O=C(O)C1CCc2sc(NCCc3ccccn3)nc21. The van der Waals surface area contributed by atoms with Crippen molar-refractivity contribution in [2.24, 2.45) is 0 Å². The highest BCUT2D eigenvalue weighted by Gasteiger charge is 2.32. The molecule has 0 aliphatic heterocycles. The Hall–Kier alpha value is -1.95. The van der Waals surface area contributed by atoms with Crippen molar-refractivity contribution in [2.45, 2.75) is 25.2 Å². The van der Waals surface area contributed by atoms with Crippen LogP contribution in [0.15, 0.2) is 24.4 Å². The van der Waals surface area contributed by atoms with Crippen LogP contribution < -0.4 is 5.32 Å². The lowest BCUT2D eigenvalue weighted by Crippen LogP contribution is -2.09. The third-order valence-electron chi connectivity index (χ3n) is 3.40. The molecule has 0 saturated heterocycles. The highest BCUT2D eigenvalue weighted by molar-refractivity contribution is 7.15. The lowest BCUT2D eigenvalue weighted by Gasteiger charge is -2.03. The van der Waals surface area contributed by atoms with Gasteiger partial charge in [-0.2, -0.15) is 0 Å². The molecule has 6 heteroatoms. The summed E-state index contributed by atoms with van der Waals surface area (Å²) < 4.78 is 0. The van der Waals surface area contributed by atoms with Gasteiger partial charge in [0.25, 0.3) is 0 Å². The standard InChI is InChI=1S/C14H15N3O2S/c18-13(19)10-4-5-11-12(10)17-14(20-11)16-8-6-9-3-1-2-7-15-9/h1-3,7,10H,4-6,8H2,(H,16,17)(H,18,19). The van der Waals surface area contributed by atoms with E-state index in [-0.39, 0.29) is 0 Å². The van der Waals surface area contributed by atoms with E-state index in [0.29, 0.717) is 6.42 Å².